The highest BCUT2D eigenvalue weighted by molar-refractivity contribution is 5.09. The smallest absolute Gasteiger partial charge is 0.119 e. The Kier molecular flexibility index (Phi) is 3.63. The molecule has 0 N–H and O–H groups in total. The molecule has 0 radical (unpaired) electrons. The van der Waals surface area contributed by atoms with E-state index in [1.807, 2.05) is 18.5 Å². The maximum atomic E-state index is 6.25. The van der Waals surface area contributed by atoms with Gasteiger partial charge in [0.1, 0.15) is 12.7 Å². The predicted octanol–water partition coefficient (Wildman–Crippen LogP) is 1.67. The second-order valence-electron chi connectivity index (χ2n) is 6.44. The normalized spacial score (nSPS) is 29.2. The summed E-state index contributed by atoms with van der Waals surface area (Å²) < 4.78 is 8.33. The summed E-state index contributed by atoms with van der Waals surface area (Å²) in [5.41, 5.74) is 1.27. The van der Waals surface area contributed by atoms with Gasteiger partial charge in [0.05, 0.1) is 18.2 Å². The van der Waals surface area contributed by atoms with Crippen LogP contribution in [0.2, 0.25) is 0 Å². The molecule has 6 nitrogen and oxygen atoms in total. The summed E-state index contributed by atoms with van der Waals surface area (Å²) in [7, 11) is 0. The Morgan fingerprint density at radius 3 is 3.05 bits per heavy atom. The molecule has 0 bridgehead atoms. The van der Waals surface area contributed by atoms with E-state index in [1.165, 1.54) is 12.0 Å². The van der Waals surface area contributed by atoms with E-state index in [1.54, 1.807) is 12.7 Å². The molecule has 4 rings (SSSR count). The number of piperidine rings is 1. The van der Waals surface area contributed by atoms with Gasteiger partial charge in [-0.05, 0) is 31.0 Å². The number of ether oxygens (including phenoxy) is 1. The topological polar surface area (TPSA) is 56.1 Å². The van der Waals surface area contributed by atoms with Crippen LogP contribution in [-0.2, 0) is 11.3 Å². The molecule has 0 saturated carbocycles. The lowest BCUT2D eigenvalue weighted by Crippen LogP contribution is -2.47. The van der Waals surface area contributed by atoms with E-state index < -0.39 is 0 Å². The van der Waals surface area contributed by atoms with Crippen LogP contribution in [0.5, 0.6) is 0 Å². The van der Waals surface area contributed by atoms with Crippen LogP contribution in [0.4, 0.5) is 0 Å². The zero-order chi connectivity index (χ0) is 14.8. The van der Waals surface area contributed by atoms with E-state index in [9.17, 15) is 0 Å². The molecule has 116 valence electrons. The third-order valence-corrected chi connectivity index (χ3v) is 4.80. The summed E-state index contributed by atoms with van der Waals surface area (Å²) in [6.45, 7) is 3.85. The Morgan fingerprint density at radius 1 is 1.32 bits per heavy atom. The molecule has 2 aliphatic rings. The molecule has 2 saturated heterocycles. The minimum Gasteiger partial charge on any atom is -0.371 e. The van der Waals surface area contributed by atoms with Gasteiger partial charge in [0.2, 0.25) is 0 Å². The van der Waals surface area contributed by atoms with Crippen molar-refractivity contribution in [2.24, 2.45) is 0 Å². The first kappa shape index (κ1) is 13.8. The van der Waals surface area contributed by atoms with E-state index in [-0.39, 0.29) is 5.60 Å². The van der Waals surface area contributed by atoms with E-state index >= 15 is 0 Å². The Balaban J connectivity index is 1.43. The third kappa shape index (κ3) is 2.76. The number of rotatable bonds is 3. The van der Waals surface area contributed by atoms with Gasteiger partial charge < -0.3 is 9.30 Å². The second-order valence-corrected chi connectivity index (χ2v) is 6.44. The average Bonchev–Trinajstić information content (AvgIpc) is 3.19. The Morgan fingerprint density at radius 2 is 2.23 bits per heavy atom. The first-order chi connectivity index (χ1) is 10.8. The number of nitrogens with zero attached hydrogens (tertiary/aromatic N) is 5. The fourth-order valence-corrected chi connectivity index (χ4v) is 3.77. The number of aromatic nitrogens is 4. The minimum atomic E-state index is -0.00457. The monoisotopic (exact) mass is 299 g/mol. The highest BCUT2D eigenvalue weighted by atomic mass is 16.5. The van der Waals surface area contributed by atoms with Crippen LogP contribution < -0.4 is 0 Å². The van der Waals surface area contributed by atoms with E-state index in [4.69, 9.17) is 4.74 Å². The molecule has 4 heterocycles. The van der Waals surface area contributed by atoms with Gasteiger partial charge in [-0.25, -0.2) is 0 Å². The van der Waals surface area contributed by atoms with Crippen LogP contribution in [0, 0.1) is 0 Å². The van der Waals surface area contributed by atoms with Crippen molar-refractivity contribution in [1.29, 1.82) is 0 Å². The Bertz CT molecular complexity index is 602. The summed E-state index contributed by atoms with van der Waals surface area (Å²) in [5, 5.41) is 7.82. The second kappa shape index (κ2) is 5.78. The maximum absolute atomic E-state index is 6.25. The van der Waals surface area contributed by atoms with Crippen LogP contribution in [0.15, 0.2) is 37.2 Å². The fraction of sp³-hybridized carbons (Fsp3) is 0.562. The molecular formula is C16H21N5O. The van der Waals surface area contributed by atoms with Gasteiger partial charge in [0.25, 0.3) is 0 Å². The van der Waals surface area contributed by atoms with Gasteiger partial charge >= 0.3 is 0 Å². The fourth-order valence-electron chi connectivity index (χ4n) is 3.77. The molecule has 22 heavy (non-hydrogen) atoms. The lowest BCUT2D eigenvalue weighted by molar-refractivity contribution is -0.0535. The lowest BCUT2D eigenvalue weighted by Gasteiger charge is -2.39. The van der Waals surface area contributed by atoms with Crippen LogP contribution in [-0.4, -0.2) is 49.9 Å². The molecule has 0 amide bonds. The molecule has 2 fully saturated rings. The van der Waals surface area contributed by atoms with Gasteiger partial charge in [-0.1, -0.05) is 6.07 Å². The molecule has 2 atom stereocenters. The van der Waals surface area contributed by atoms with Crippen molar-refractivity contribution in [3.63, 3.8) is 0 Å². The summed E-state index contributed by atoms with van der Waals surface area (Å²) in [5.74, 6) is 0. The Labute approximate surface area is 130 Å². The summed E-state index contributed by atoms with van der Waals surface area (Å²) in [6, 6.07) is 4.51. The van der Waals surface area contributed by atoms with Crippen molar-refractivity contribution in [2.45, 2.75) is 37.5 Å². The Hall–Kier alpha value is -1.79. The quantitative estimate of drug-likeness (QED) is 0.863. The first-order valence-electron chi connectivity index (χ1n) is 7.92. The molecule has 0 aromatic carbocycles. The SMILES string of the molecule is c1cncc(CN2CCCC3(CC(n4cnnc4)CO3)C2)c1. The van der Waals surface area contributed by atoms with Crippen molar-refractivity contribution in [3.8, 4) is 0 Å². The lowest BCUT2D eigenvalue weighted by atomic mass is 9.88. The number of likely N-dealkylation sites (tertiary alicyclic amines) is 1. The van der Waals surface area contributed by atoms with Crippen LogP contribution >= 0.6 is 0 Å². The van der Waals surface area contributed by atoms with Crippen molar-refractivity contribution >= 4 is 0 Å². The molecule has 2 aromatic rings. The van der Waals surface area contributed by atoms with Crippen LogP contribution in [0.1, 0.15) is 30.9 Å². The van der Waals surface area contributed by atoms with Crippen molar-refractivity contribution < 1.29 is 4.74 Å². The molecule has 1 spiro atoms. The predicted molar refractivity (Wildman–Crippen MR) is 81.1 cm³/mol. The zero-order valence-electron chi connectivity index (χ0n) is 12.6. The van der Waals surface area contributed by atoms with Crippen LogP contribution in [0.3, 0.4) is 0 Å². The maximum Gasteiger partial charge on any atom is 0.119 e. The highest BCUT2D eigenvalue weighted by Crippen LogP contribution is 2.39. The summed E-state index contributed by atoms with van der Waals surface area (Å²) >= 11 is 0. The molecule has 2 unspecified atom stereocenters. The van der Waals surface area contributed by atoms with Crippen molar-refractivity contribution in [1.82, 2.24) is 24.6 Å². The standard InChI is InChI=1S/C16H21N5O/c1-3-14(8-17-5-1)9-20-6-2-4-16(11-20)7-15(10-22-16)21-12-18-19-13-21/h1,3,5,8,12-13,15H,2,4,6-7,9-11H2. The molecule has 2 aromatic heterocycles. The van der Waals surface area contributed by atoms with E-state index in [2.05, 4.69) is 30.7 Å². The van der Waals surface area contributed by atoms with E-state index in [0.717, 1.165) is 39.1 Å². The number of hydrogen-bond donors (Lipinski definition) is 0. The zero-order valence-corrected chi connectivity index (χ0v) is 12.6. The summed E-state index contributed by atoms with van der Waals surface area (Å²) in [4.78, 5) is 6.70. The van der Waals surface area contributed by atoms with Gasteiger partial charge in [-0.2, -0.15) is 0 Å². The largest absolute Gasteiger partial charge is 0.371 e. The highest BCUT2D eigenvalue weighted by Gasteiger charge is 2.43. The van der Waals surface area contributed by atoms with Crippen LogP contribution in [0.25, 0.3) is 0 Å². The first-order valence-corrected chi connectivity index (χ1v) is 7.92. The number of pyridine rings is 1. The summed E-state index contributed by atoms with van der Waals surface area (Å²) in [6.07, 6.45) is 10.8. The van der Waals surface area contributed by atoms with Crippen molar-refractivity contribution in [3.05, 3.63) is 42.7 Å². The molecule has 2 aliphatic heterocycles. The van der Waals surface area contributed by atoms with Gasteiger partial charge in [-0.3, -0.25) is 9.88 Å². The van der Waals surface area contributed by atoms with Gasteiger partial charge in [-0.15, -0.1) is 10.2 Å². The average molecular weight is 299 g/mol. The molecule has 6 heteroatoms. The molecule has 0 aliphatic carbocycles. The van der Waals surface area contributed by atoms with Crippen molar-refractivity contribution in [2.75, 3.05) is 19.7 Å². The third-order valence-electron chi connectivity index (χ3n) is 4.80. The number of hydrogen-bond acceptors (Lipinski definition) is 5. The van der Waals surface area contributed by atoms with Gasteiger partial charge in [0, 0.05) is 31.9 Å². The minimum absolute atomic E-state index is 0.00457. The van der Waals surface area contributed by atoms with Gasteiger partial charge in [0.15, 0.2) is 0 Å². The molecular weight excluding hydrogens is 278 g/mol. The van der Waals surface area contributed by atoms with E-state index in [0.29, 0.717) is 6.04 Å².